The molecule has 8 nitrogen and oxygen atoms in total. The van der Waals surface area contributed by atoms with Crippen molar-refractivity contribution >= 4 is 21.8 Å². The number of rotatable bonds is 6. The fraction of sp³-hybridized carbons (Fsp3) is 0.562. The molecule has 140 valence electrons. The molecule has 0 radical (unpaired) electrons. The maximum absolute atomic E-state index is 12.5. The van der Waals surface area contributed by atoms with Gasteiger partial charge < -0.3 is 14.8 Å². The minimum Gasteiger partial charge on any atom is -0.493 e. The maximum atomic E-state index is 12.5. The lowest BCUT2D eigenvalue weighted by Gasteiger charge is -2.32. The van der Waals surface area contributed by atoms with Gasteiger partial charge in [0.05, 0.1) is 20.1 Å². The zero-order chi connectivity index (χ0) is 18.6. The van der Waals surface area contributed by atoms with Crippen LogP contribution in [0.1, 0.15) is 12.8 Å². The molecule has 1 aliphatic heterocycles. The quantitative estimate of drug-likeness (QED) is 0.811. The van der Waals surface area contributed by atoms with Crippen LogP contribution in [0.3, 0.4) is 0 Å². The minimum atomic E-state index is -3.51. The second-order valence-electron chi connectivity index (χ2n) is 6.05. The predicted molar refractivity (Wildman–Crippen MR) is 95.1 cm³/mol. The third kappa shape index (κ3) is 4.42. The summed E-state index contributed by atoms with van der Waals surface area (Å²) in [7, 11) is 2.53. The number of ether oxygens (including phenoxy) is 2. The van der Waals surface area contributed by atoms with Gasteiger partial charge in [0.15, 0.2) is 11.5 Å². The summed E-state index contributed by atoms with van der Waals surface area (Å²) in [6, 6.07) is 5.10. The summed E-state index contributed by atoms with van der Waals surface area (Å²) in [5.74, 6) is 0.490. The Morgan fingerprint density at radius 1 is 1.24 bits per heavy atom. The first-order valence-electron chi connectivity index (χ1n) is 8.00. The lowest BCUT2D eigenvalue weighted by atomic mass is 9.98. The highest BCUT2D eigenvalue weighted by Gasteiger charge is 2.33. The zero-order valence-electron chi connectivity index (χ0n) is 15.0. The minimum absolute atomic E-state index is 0.180. The number of amides is 1. The molecule has 1 heterocycles. The Morgan fingerprint density at radius 3 is 2.52 bits per heavy atom. The summed E-state index contributed by atoms with van der Waals surface area (Å²) in [5.41, 5.74) is 0.579. The summed E-state index contributed by atoms with van der Waals surface area (Å²) in [6.45, 7) is 0.611. The molecule has 0 aromatic heterocycles. The number of hydrogen-bond donors (Lipinski definition) is 1. The van der Waals surface area contributed by atoms with E-state index in [2.05, 4.69) is 5.32 Å². The summed E-state index contributed by atoms with van der Waals surface area (Å²) >= 11 is 0. The van der Waals surface area contributed by atoms with Gasteiger partial charge in [-0.3, -0.25) is 4.79 Å². The Balaban J connectivity index is 2.08. The fourth-order valence-electron chi connectivity index (χ4n) is 2.76. The van der Waals surface area contributed by atoms with Crippen molar-refractivity contribution in [3.8, 4) is 11.5 Å². The van der Waals surface area contributed by atoms with Crippen LogP contribution in [-0.4, -0.2) is 64.3 Å². The number of piperidine rings is 1. The number of nitrogens with zero attached hydrogens (tertiary/aromatic N) is 2. The molecule has 9 heteroatoms. The van der Waals surface area contributed by atoms with Gasteiger partial charge in [-0.05, 0) is 25.0 Å². The molecule has 0 aliphatic carbocycles. The van der Waals surface area contributed by atoms with Crippen molar-refractivity contribution in [2.75, 3.05) is 46.7 Å². The highest BCUT2D eigenvalue weighted by Crippen LogP contribution is 2.30. The fourth-order valence-corrected chi connectivity index (χ4v) is 3.95. The number of benzene rings is 1. The maximum Gasteiger partial charge on any atom is 0.281 e. The molecule has 0 bridgehead atoms. The van der Waals surface area contributed by atoms with E-state index in [1.807, 2.05) is 0 Å². The third-order valence-electron chi connectivity index (χ3n) is 4.19. The first-order valence-corrected chi connectivity index (χ1v) is 9.39. The highest BCUT2D eigenvalue weighted by atomic mass is 32.2. The molecule has 0 spiro atoms. The van der Waals surface area contributed by atoms with Gasteiger partial charge in [0, 0.05) is 38.9 Å². The molecule has 1 aromatic carbocycles. The van der Waals surface area contributed by atoms with Crippen LogP contribution in [0.5, 0.6) is 11.5 Å². The Labute approximate surface area is 148 Å². The van der Waals surface area contributed by atoms with Gasteiger partial charge in [-0.2, -0.15) is 17.0 Å². The Morgan fingerprint density at radius 2 is 1.92 bits per heavy atom. The molecular formula is C16H25N3O5S. The standard InChI is InChI=1S/C16H25N3O5S/c1-18(2)25(21,22)19-9-5-6-12(11-19)16(20)17-13-7-8-14(23-3)15(10-13)24-4/h7-8,10,12H,5-6,9,11H2,1-4H3,(H,17,20)/t12-/m0/s1. The average molecular weight is 371 g/mol. The van der Waals surface area contributed by atoms with Gasteiger partial charge in [0.2, 0.25) is 5.91 Å². The molecule has 1 aliphatic rings. The molecule has 25 heavy (non-hydrogen) atoms. The molecule has 1 fully saturated rings. The smallest absolute Gasteiger partial charge is 0.281 e. The highest BCUT2D eigenvalue weighted by molar-refractivity contribution is 7.86. The second-order valence-corrected chi connectivity index (χ2v) is 8.19. The van der Waals surface area contributed by atoms with Crippen molar-refractivity contribution in [3.63, 3.8) is 0 Å². The third-order valence-corrected chi connectivity index (χ3v) is 6.10. The van der Waals surface area contributed by atoms with Crippen molar-refractivity contribution in [2.45, 2.75) is 12.8 Å². The van der Waals surface area contributed by atoms with E-state index in [1.54, 1.807) is 18.2 Å². The SMILES string of the molecule is COc1ccc(NC(=O)[C@H]2CCCN(S(=O)(=O)N(C)C)C2)cc1OC. The lowest BCUT2D eigenvalue weighted by molar-refractivity contribution is -0.120. The Bertz CT molecular complexity index is 720. The van der Waals surface area contributed by atoms with E-state index in [-0.39, 0.29) is 12.5 Å². The second kappa shape index (κ2) is 8.03. The van der Waals surface area contributed by atoms with E-state index in [9.17, 15) is 13.2 Å². The van der Waals surface area contributed by atoms with E-state index < -0.39 is 16.1 Å². The summed E-state index contributed by atoms with van der Waals surface area (Å²) in [5, 5.41) is 2.83. The van der Waals surface area contributed by atoms with Crippen molar-refractivity contribution in [2.24, 2.45) is 5.92 Å². The van der Waals surface area contributed by atoms with Gasteiger partial charge in [0.1, 0.15) is 0 Å². The number of carbonyl (C=O) groups excluding carboxylic acids is 1. The molecule has 1 atom stereocenters. The first kappa shape index (κ1) is 19.5. The normalized spacial score (nSPS) is 18.8. The number of carbonyl (C=O) groups is 1. The molecule has 1 amide bonds. The molecule has 1 aromatic rings. The topological polar surface area (TPSA) is 88.2 Å². The van der Waals surface area contributed by atoms with Crippen LogP contribution in [0.25, 0.3) is 0 Å². The zero-order valence-corrected chi connectivity index (χ0v) is 15.8. The summed E-state index contributed by atoms with van der Waals surface area (Å²) < 4.78 is 37.4. The lowest BCUT2D eigenvalue weighted by Crippen LogP contribution is -2.47. The number of nitrogens with one attached hydrogen (secondary N) is 1. The van der Waals surface area contributed by atoms with E-state index in [1.165, 1.54) is 36.9 Å². The van der Waals surface area contributed by atoms with Crippen molar-refractivity contribution in [1.82, 2.24) is 8.61 Å². The van der Waals surface area contributed by atoms with Crippen molar-refractivity contribution < 1.29 is 22.7 Å². The molecule has 0 unspecified atom stereocenters. The van der Waals surface area contributed by atoms with Gasteiger partial charge in [-0.25, -0.2) is 0 Å². The van der Waals surface area contributed by atoms with E-state index in [0.29, 0.717) is 36.6 Å². The first-order chi connectivity index (χ1) is 11.8. The van der Waals surface area contributed by atoms with Crippen LogP contribution in [0.15, 0.2) is 18.2 Å². The molecular weight excluding hydrogens is 346 g/mol. The van der Waals surface area contributed by atoms with E-state index in [0.717, 1.165) is 0 Å². The van der Waals surface area contributed by atoms with E-state index >= 15 is 0 Å². The van der Waals surface area contributed by atoms with Crippen LogP contribution in [0.2, 0.25) is 0 Å². The van der Waals surface area contributed by atoms with Gasteiger partial charge in [-0.1, -0.05) is 0 Å². The van der Waals surface area contributed by atoms with Gasteiger partial charge in [0.25, 0.3) is 10.2 Å². The number of hydrogen-bond acceptors (Lipinski definition) is 5. The Kier molecular flexibility index (Phi) is 6.26. The number of methoxy groups -OCH3 is 2. The molecule has 1 saturated heterocycles. The Hall–Kier alpha value is -1.84. The van der Waals surface area contributed by atoms with Crippen molar-refractivity contribution in [1.29, 1.82) is 0 Å². The molecule has 0 saturated carbocycles. The van der Waals surface area contributed by atoms with Crippen LogP contribution in [0, 0.1) is 5.92 Å². The molecule has 1 N–H and O–H groups in total. The molecule has 2 rings (SSSR count). The average Bonchev–Trinajstić information content (AvgIpc) is 2.61. The monoisotopic (exact) mass is 371 g/mol. The summed E-state index contributed by atoms with van der Waals surface area (Å²) in [6.07, 6.45) is 1.30. The van der Waals surface area contributed by atoms with Crippen LogP contribution < -0.4 is 14.8 Å². The van der Waals surface area contributed by atoms with Crippen LogP contribution in [-0.2, 0) is 15.0 Å². The largest absolute Gasteiger partial charge is 0.493 e. The van der Waals surface area contributed by atoms with Gasteiger partial charge in [-0.15, -0.1) is 0 Å². The van der Waals surface area contributed by atoms with Crippen molar-refractivity contribution in [3.05, 3.63) is 18.2 Å². The van der Waals surface area contributed by atoms with Crippen LogP contribution in [0.4, 0.5) is 5.69 Å². The van der Waals surface area contributed by atoms with E-state index in [4.69, 9.17) is 9.47 Å². The number of anilines is 1. The predicted octanol–water partition coefficient (Wildman–Crippen LogP) is 1.16. The van der Waals surface area contributed by atoms with Crippen LogP contribution >= 0.6 is 0 Å². The van der Waals surface area contributed by atoms with Gasteiger partial charge >= 0.3 is 0 Å². The summed E-state index contributed by atoms with van der Waals surface area (Å²) in [4.78, 5) is 12.5.